The molecule has 2 aliphatic carbocycles. The smallest absolute Gasteiger partial charge is 0.0661 e. The second kappa shape index (κ2) is 1.98. The van der Waals surface area contributed by atoms with Crippen molar-refractivity contribution >= 4 is 15.9 Å². The van der Waals surface area contributed by atoms with E-state index in [1.807, 2.05) is 6.92 Å². The molecule has 2 aliphatic rings. The largest absolute Gasteiger partial charge is 0.390 e. The summed E-state index contributed by atoms with van der Waals surface area (Å²) in [4.78, 5) is 0.600. The van der Waals surface area contributed by atoms with Gasteiger partial charge < -0.3 is 5.11 Å². The molecule has 0 radical (unpaired) electrons. The Balaban J connectivity index is 2.24. The topological polar surface area (TPSA) is 20.2 Å². The molecule has 4 atom stereocenters. The maximum Gasteiger partial charge on any atom is 0.0661 e. The van der Waals surface area contributed by atoms with Crippen molar-refractivity contribution in [2.75, 3.05) is 0 Å². The normalized spacial score (nSPS) is 59.7. The van der Waals surface area contributed by atoms with Crippen LogP contribution in [0.4, 0.5) is 0 Å². The molecule has 10 heavy (non-hydrogen) atoms. The molecule has 0 amide bonds. The molecular formula is C8H13BrO. The minimum absolute atomic E-state index is 0.364. The summed E-state index contributed by atoms with van der Waals surface area (Å²) in [5, 5.41) is 9.83. The van der Waals surface area contributed by atoms with E-state index in [-0.39, 0.29) is 5.60 Å². The summed E-state index contributed by atoms with van der Waals surface area (Å²) in [6, 6.07) is 0. The van der Waals surface area contributed by atoms with E-state index in [9.17, 15) is 5.11 Å². The van der Waals surface area contributed by atoms with Crippen LogP contribution >= 0.6 is 15.9 Å². The average Bonchev–Trinajstić information content (AvgIpc) is 2.21. The van der Waals surface area contributed by atoms with E-state index >= 15 is 0 Å². The zero-order chi connectivity index (χ0) is 7.35. The molecule has 0 heterocycles. The zero-order valence-corrected chi connectivity index (χ0v) is 7.76. The van der Waals surface area contributed by atoms with Crippen molar-refractivity contribution in [1.82, 2.24) is 0 Å². The van der Waals surface area contributed by atoms with E-state index in [0.717, 1.165) is 12.3 Å². The Morgan fingerprint density at radius 1 is 1.50 bits per heavy atom. The summed E-state index contributed by atoms with van der Waals surface area (Å²) >= 11 is 3.65. The van der Waals surface area contributed by atoms with Gasteiger partial charge in [-0.3, -0.25) is 0 Å². The van der Waals surface area contributed by atoms with Crippen LogP contribution in [0.15, 0.2) is 0 Å². The van der Waals surface area contributed by atoms with Gasteiger partial charge in [-0.05, 0) is 32.1 Å². The van der Waals surface area contributed by atoms with Gasteiger partial charge in [0.25, 0.3) is 0 Å². The van der Waals surface area contributed by atoms with E-state index < -0.39 is 0 Å². The molecule has 2 heteroatoms. The molecule has 2 rings (SSSR count). The van der Waals surface area contributed by atoms with Crippen LogP contribution in [0, 0.1) is 11.8 Å². The second-order valence-electron chi connectivity index (χ2n) is 3.95. The van der Waals surface area contributed by atoms with E-state index in [2.05, 4.69) is 15.9 Å². The van der Waals surface area contributed by atoms with Gasteiger partial charge >= 0.3 is 0 Å². The maximum absolute atomic E-state index is 9.83. The lowest BCUT2D eigenvalue weighted by Gasteiger charge is -2.27. The lowest BCUT2D eigenvalue weighted by atomic mass is 9.86. The van der Waals surface area contributed by atoms with Crippen molar-refractivity contribution < 1.29 is 5.11 Å². The van der Waals surface area contributed by atoms with Crippen molar-refractivity contribution in [3.8, 4) is 0 Å². The predicted molar refractivity (Wildman–Crippen MR) is 44.2 cm³/mol. The molecule has 2 saturated carbocycles. The number of aliphatic hydroxyl groups is 1. The predicted octanol–water partition coefficient (Wildman–Crippen LogP) is 1.93. The maximum atomic E-state index is 9.83. The SMILES string of the molecule is CC1(O)CC2CCC1C2Br. The molecule has 0 aliphatic heterocycles. The molecule has 0 aromatic rings. The molecule has 58 valence electrons. The van der Waals surface area contributed by atoms with E-state index in [1.165, 1.54) is 12.8 Å². The lowest BCUT2D eigenvalue weighted by molar-refractivity contribution is 0.00602. The van der Waals surface area contributed by atoms with Crippen LogP contribution in [0.25, 0.3) is 0 Å². The van der Waals surface area contributed by atoms with E-state index in [0.29, 0.717) is 10.7 Å². The molecule has 4 unspecified atom stereocenters. The third kappa shape index (κ3) is 0.782. The Kier molecular flexibility index (Phi) is 1.41. The first-order chi connectivity index (χ1) is 4.61. The first-order valence-corrected chi connectivity index (χ1v) is 4.89. The minimum Gasteiger partial charge on any atom is -0.390 e. The molecular weight excluding hydrogens is 192 g/mol. The second-order valence-corrected chi connectivity index (χ2v) is 5.01. The van der Waals surface area contributed by atoms with Crippen molar-refractivity contribution in [2.24, 2.45) is 11.8 Å². The number of hydrogen-bond donors (Lipinski definition) is 1. The van der Waals surface area contributed by atoms with Crippen molar-refractivity contribution in [3.05, 3.63) is 0 Å². The third-order valence-electron chi connectivity index (χ3n) is 3.16. The third-order valence-corrected chi connectivity index (χ3v) is 4.54. The van der Waals surface area contributed by atoms with Gasteiger partial charge in [0, 0.05) is 10.7 Å². The van der Waals surface area contributed by atoms with E-state index in [1.54, 1.807) is 0 Å². The Morgan fingerprint density at radius 2 is 2.20 bits per heavy atom. The van der Waals surface area contributed by atoms with Crippen molar-refractivity contribution in [2.45, 2.75) is 36.6 Å². The Hall–Kier alpha value is 0.440. The Morgan fingerprint density at radius 3 is 2.40 bits per heavy atom. The molecule has 0 spiro atoms. The fraction of sp³-hybridized carbons (Fsp3) is 1.00. The Labute approximate surface area is 69.9 Å². The van der Waals surface area contributed by atoms with Crippen molar-refractivity contribution in [3.63, 3.8) is 0 Å². The van der Waals surface area contributed by atoms with Crippen LogP contribution in [0.2, 0.25) is 0 Å². The number of alkyl halides is 1. The van der Waals surface area contributed by atoms with Crippen LogP contribution in [-0.2, 0) is 0 Å². The average molecular weight is 205 g/mol. The van der Waals surface area contributed by atoms with Gasteiger partial charge in [-0.2, -0.15) is 0 Å². The van der Waals surface area contributed by atoms with Gasteiger partial charge in [0.15, 0.2) is 0 Å². The molecule has 1 nitrogen and oxygen atoms in total. The van der Waals surface area contributed by atoms with Gasteiger partial charge in [0.1, 0.15) is 0 Å². The van der Waals surface area contributed by atoms with Gasteiger partial charge in [0.2, 0.25) is 0 Å². The summed E-state index contributed by atoms with van der Waals surface area (Å²) < 4.78 is 0. The van der Waals surface area contributed by atoms with Gasteiger partial charge in [-0.25, -0.2) is 0 Å². The summed E-state index contributed by atoms with van der Waals surface area (Å²) in [5.41, 5.74) is -0.364. The first kappa shape index (κ1) is 7.11. The van der Waals surface area contributed by atoms with Crippen LogP contribution in [-0.4, -0.2) is 15.5 Å². The minimum atomic E-state index is -0.364. The van der Waals surface area contributed by atoms with Crippen LogP contribution < -0.4 is 0 Å². The molecule has 2 fully saturated rings. The standard InChI is InChI=1S/C8H13BrO/c1-8(10)4-5-2-3-6(8)7(5)9/h5-7,10H,2-4H2,1H3. The lowest BCUT2D eigenvalue weighted by Crippen LogP contribution is -2.32. The quantitative estimate of drug-likeness (QED) is 0.599. The molecule has 2 bridgehead atoms. The number of halogens is 1. The van der Waals surface area contributed by atoms with Crippen molar-refractivity contribution in [1.29, 1.82) is 0 Å². The van der Waals surface area contributed by atoms with Gasteiger partial charge in [-0.1, -0.05) is 15.9 Å². The van der Waals surface area contributed by atoms with Gasteiger partial charge in [-0.15, -0.1) is 0 Å². The first-order valence-electron chi connectivity index (χ1n) is 3.98. The zero-order valence-electron chi connectivity index (χ0n) is 6.18. The number of rotatable bonds is 0. The molecule has 0 saturated heterocycles. The van der Waals surface area contributed by atoms with E-state index in [4.69, 9.17) is 0 Å². The van der Waals surface area contributed by atoms with Crippen LogP contribution in [0.5, 0.6) is 0 Å². The highest BCUT2D eigenvalue weighted by atomic mass is 79.9. The fourth-order valence-electron chi connectivity index (χ4n) is 2.59. The monoisotopic (exact) mass is 204 g/mol. The molecule has 1 N–H and O–H groups in total. The molecule has 0 aromatic carbocycles. The summed E-state index contributed by atoms with van der Waals surface area (Å²) in [6.45, 7) is 1.98. The summed E-state index contributed by atoms with van der Waals surface area (Å²) in [6.07, 6.45) is 3.54. The highest BCUT2D eigenvalue weighted by Crippen LogP contribution is 2.53. The van der Waals surface area contributed by atoms with Crippen LogP contribution in [0.3, 0.4) is 0 Å². The van der Waals surface area contributed by atoms with Crippen LogP contribution in [0.1, 0.15) is 26.2 Å². The number of fused-ring (bicyclic) bond motifs is 2. The number of hydrogen-bond acceptors (Lipinski definition) is 1. The highest BCUT2D eigenvalue weighted by Gasteiger charge is 2.52. The molecule has 0 aromatic heterocycles. The van der Waals surface area contributed by atoms with Gasteiger partial charge in [0.05, 0.1) is 5.60 Å². The highest BCUT2D eigenvalue weighted by molar-refractivity contribution is 9.09. The Bertz CT molecular complexity index is 155. The summed E-state index contributed by atoms with van der Waals surface area (Å²) in [7, 11) is 0. The summed E-state index contributed by atoms with van der Waals surface area (Å²) in [5.74, 6) is 1.28. The fourth-order valence-corrected chi connectivity index (χ4v) is 3.88.